The fourth-order valence-electron chi connectivity index (χ4n) is 4.03. The third-order valence-electron chi connectivity index (χ3n) is 5.59. The number of ether oxygens (including phenoxy) is 2. The van der Waals surface area contributed by atoms with E-state index >= 15 is 0 Å². The molecule has 1 saturated carbocycles. The lowest BCUT2D eigenvalue weighted by Crippen LogP contribution is -2.39. The van der Waals surface area contributed by atoms with Crippen molar-refractivity contribution in [2.45, 2.75) is 25.4 Å². The van der Waals surface area contributed by atoms with Gasteiger partial charge in [0.1, 0.15) is 11.5 Å². The molecule has 1 aromatic rings. The van der Waals surface area contributed by atoms with Crippen LogP contribution in [0, 0.1) is 11.8 Å². The Morgan fingerprint density at radius 2 is 2.03 bits per heavy atom. The molecular formula is C19H27N3O6S. The molecule has 10 heteroatoms. The first-order chi connectivity index (χ1) is 13.7. The van der Waals surface area contributed by atoms with Crippen LogP contribution >= 0.6 is 0 Å². The Balaban J connectivity index is 1.63. The van der Waals surface area contributed by atoms with Gasteiger partial charge in [0.05, 0.1) is 27.0 Å². The number of fused-ring (bicyclic) bond motifs is 1. The van der Waals surface area contributed by atoms with Crippen molar-refractivity contribution < 1.29 is 27.5 Å². The number of hydrogen-bond donors (Lipinski definition) is 2. The smallest absolute Gasteiger partial charge is 0.235 e. The Kier molecular flexibility index (Phi) is 6.33. The van der Waals surface area contributed by atoms with E-state index in [-0.39, 0.29) is 42.8 Å². The highest BCUT2D eigenvalue weighted by Gasteiger charge is 2.42. The molecule has 2 aliphatic rings. The first-order valence-electron chi connectivity index (χ1n) is 9.44. The summed E-state index contributed by atoms with van der Waals surface area (Å²) in [6.07, 6.45) is 2.13. The molecule has 1 aromatic carbocycles. The molecular weight excluding hydrogens is 398 g/mol. The molecule has 2 fully saturated rings. The van der Waals surface area contributed by atoms with Crippen LogP contribution in [0.5, 0.6) is 11.5 Å². The summed E-state index contributed by atoms with van der Waals surface area (Å²) in [5.41, 5.74) is 0.824. The van der Waals surface area contributed by atoms with Gasteiger partial charge in [-0.15, -0.1) is 0 Å². The van der Waals surface area contributed by atoms with Gasteiger partial charge in [-0.2, -0.15) is 4.31 Å². The Morgan fingerprint density at radius 1 is 1.28 bits per heavy atom. The highest BCUT2D eigenvalue weighted by Crippen LogP contribution is 2.34. The third-order valence-corrected chi connectivity index (χ3v) is 6.80. The van der Waals surface area contributed by atoms with Gasteiger partial charge in [-0.05, 0) is 30.9 Å². The summed E-state index contributed by atoms with van der Waals surface area (Å²) < 4.78 is 35.5. The Labute approximate surface area is 170 Å². The van der Waals surface area contributed by atoms with Gasteiger partial charge in [-0.3, -0.25) is 9.59 Å². The standard InChI is InChI=1S/C19H27N3O6S/c1-27-15-5-4-12(17(8-15)28-2)9-20-19(24)13-6-14-10-22(29(3,25)26)11-18(23)21-16(14)7-13/h4-5,8,13-14,16H,6-7,9-11H2,1-3H3,(H,20,24)(H,21,23)/t13-,14+,16+/m0/s1. The van der Waals surface area contributed by atoms with Crippen LogP contribution in [0.1, 0.15) is 18.4 Å². The van der Waals surface area contributed by atoms with Crippen LogP contribution in [0.15, 0.2) is 18.2 Å². The van der Waals surface area contributed by atoms with Crippen molar-refractivity contribution in [3.63, 3.8) is 0 Å². The van der Waals surface area contributed by atoms with Gasteiger partial charge in [-0.25, -0.2) is 8.42 Å². The first-order valence-corrected chi connectivity index (χ1v) is 11.3. The van der Waals surface area contributed by atoms with Crippen molar-refractivity contribution in [2.24, 2.45) is 11.8 Å². The van der Waals surface area contributed by atoms with Crippen molar-refractivity contribution in [3.8, 4) is 11.5 Å². The molecule has 1 aliphatic carbocycles. The van der Waals surface area contributed by atoms with E-state index in [1.807, 2.05) is 6.07 Å². The molecule has 0 aromatic heterocycles. The van der Waals surface area contributed by atoms with E-state index in [0.717, 1.165) is 11.8 Å². The van der Waals surface area contributed by atoms with E-state index in [1.54, 1.807) is 26.4 Å². The molecule has 2 N–H and O–H groups in total. The summed E-state index contributed by atoms with van der Waals surface area (Å²) >= 11 is 0. The molecule has 0 radical (unpaired) electrons. The Morgan fingerprint density at radius 3 is 2.69 bits per heavy atom. The van der Waals surface area contributed by atoms with Crippen LogP contribution in [0.2, 0.25) is 0 Å². The molecule has 3 rings (SSSR count). The maximum absolute atomic E-state index is 12.7. The lowest BCUT2D eigenvalue weighted by atomic mass is 10.0. The number of nitrogens with zero attached hydrogens (tertiary/aromatic N) is 1. The van der Waals surface area contributed by atoms with Gasteiger partial charge in [0, 0.05) is 36.7 Å². The summed E-state index contributed by atoms with van der Waals surface area (Å²) in [5, 5.41) is 5.80. The average molecular weight is 426 g/mol. The highest BCUT2D eigenvalue weighted by atomic mass is 32.2. The number of sulfonamides is 1. The van der Waals surface area contributed by atoms with Crippen molar-refractivity contribution in [2.75, 3.05) is 33.6 Å². The largest absolute Gasteiger partial charge is 0.497 e. The van der Waals surface area contributed by atoms with Crippen molar-refractivity contribution in [1.82, 2.24) is 14.9 Å². The topological polar surface area (TPSA) is 114 Å². The zero-order chi connectivity index (χ0) is 21.2. The SMILES string of the molecule is COc1ccc(CNC(=O)[C@H]2C[C@@H]3CN(S(C)(=O)=O)CC(=O)N[C@@H]3C2)c(OC)c1. The average Bonchev–Trinajstić information content (AvgIpc) is 2.99. The number of carbonyl (C=O) groups excluding carboxylic acids is 2. The molecule has 1 aliphatic heterocycles. The van der Waals surface area contributed by atoms with Crippen LogP contribution in [0.3, 0.4) is 0 Å². The summed E-state index contributed by atoms with van der Waals surface area (Å²) in [6, 6.07) is 5.19. The van der Waals surface area contributed by atoms with Gasteiger partial charge >= 0.3 is 0 Å². The summed E-state index contributed by atoms with van der Waals surface area (Å²) in [7, 11) is -0.343. The van der Waals surface area contributed by atoms with E-state index < -0.39 is 10.0 Å². The lowest BCUT2D eigenvalue weighted by molar-refractivity contribution is -0.125. The summed E-state index contributed by atoms with van der Waals surface area (Å²) in [5.74, 6) is 0.482. The quantitative estimate of drug-likeness (QED) is 0.669. The minimum Gasteiger partial charge on any atom is -0.497 e. The Bertz CT molecular complexity index is 888. The van der Waals surface area contributed by atoms with Crippen LogP contribution < -0.4 is 20.1 Å². The molecule has 9 nitrogen and oxygen atoms in total. The lowest BCUT2D eigenvalue weighted by Gasteiger charge is -2.20. The fraction of sp³-hybridized carbons (Fsp3) is 0.579. The monoisotopic (exact) mass is 425 g/mol. The number of amides is 2. The van der Waals surface area contributed by atoms with Crippen molar-refractivity contribution in [1.29, 1.82) is 0 Å². The van der Waals surface area contributed by atoms with E-state index in [9.17, 15) is 18.0 Å². The molecule has 0 bridgehead atoms. The maximum Gasteiger partial charge on any atom is 0.235 e. The number of rotatable bonds is 6. The first kappa shape index (κ1) is 21.4. The fourth-order valence-corrected chi connectivity index (χ4v) is 4.85. The minimum absolute atomic E-state index is 0.0811. The van der Waals surface area contributed by atoms with Gasteiger partial charge < -0.3 is 20.1 Å². The van der Waals surface area contributed by atoms with E-state index in [1.165, 1.54) is 4.31 Å². The number of methoxy groups -OCH3 is 2. The highest BCUT2D eigenvalue weighted by molar-refractivity contribution is 7.88. The second-order valence-electron chi connectivity index (χ2n) is 7.55. The zero-order valence-electron chi connectivity index (χ0n) is 16.8. The molecule has 1 saturated heterocycles. The molecule has 1 heterocycles. The Hall–Kier alpha value is -2.33. The van der Waals surface area contributed by atoms with Gasteiger partial charge in [0.25, 0.3) is 0 Å². The molecule has 2 amide bonds. The van der Waals surface area contributed by atoms with Gasteiger partial charge in [0.2, 0.25) is 21.8 Å². The van der Waals surface area contributed by atoms with Crippen LogP contribution in [-0.4, -0.2) is 64.1 Å². The molecule has 3 atom stereocenters. The number of hydrogen-bond acceptors (Lipinski definition) is 6. The number of benzene rings is 1. The third kappa shape index (κ3) is 4.99. The van der Waals surface area contributed by atoms with Crippen LogP contribution in [0.4, 0.5) is 0 Å². The molecule has 0 spiro atoms. The van der Waals surface area contributed by atoms with E-state index in [2.05, 4.69) is 10.6 Å². The molecule has 160 valence electrons. The van der Waals surface area contributed by atoms with Gasteiger partial charge in [0.15, 0.2) is 0 Å². The summed E-state index contributed by atoms with van der Waals surface area (Å²) in [6.45, 7) is 0.387. The van der Waals surface area contributed by atoms with Gasteiger partial charge in [-0.1, -0.05) is 0 Å². The minimum atomic E-state index is -3.47. The number of nitrogens with one attached hydrogen (secondary N) is 2. The van der Waals surface area contributed by atoms with Crippen LogP contribution in [0.25, 0.3) is 0 Å². The van der Waals surface area contributed by atoms with E-state index in [0.29, 0.717) is 30.9 Å². The maximum atomic E-state index is 12.7. The molecule has 29 heavy (non-hydrogen) atoms. The molecule has 0 unspecified atom stereocenters. The van der Waals surface area contributed by atoms with Crippen molar-refractivity contribution >= 4 is 21.8 Å². The van der Waals surface area contributed by atoms with Crippen LogP contribution in [-0.2, 0) is 26.2 Å². The normalized spacial score (nSPS) is 24.9. The summed E-state index contributed by atoms with van der Waals surface area (Å²) in [4.78, 5) is 24.8. The second kappa shape index (κ2) is 8.58. The predicted octanol–water partition coefficient (Wildman–Crippen LogP) is 0.106. The predicted molar refractivity (Wildman–Crippen MR) is 106 cm³/mol. The second-order valence-corrected chi connectivity index (χ2v) is 9.54. The number of carbonyl (C=O) groups is 2. The van der Waals surface area contributed by atoms with E-state index in [4.69, 9.17) is 9.47 Å². The van der Waals surface area contributed by atoms with Crippen molar-refractivity contribution in [3.05, 3.63) is 23.8 Å². The zero-order valence-corrected chi connectivity index (χ0v) is 17.6.